The molecule has 0 saturated carbocycles. The zero-order chi connectivity index (χ0) is 11.5. The van der Waals surface area contributed by atoms with E-state index in [4.69, 9.17) is 0 Å². The number of hydrogen-bond donors (Lipinski definition) is 1. The summed E-state index contributed by atoms with van der Waals surface area (Å²) in [5, 5.41) is 11.6. The van der Waals surface area contributed by atoms with E-state index in [0.29, 0.717) is 5.75 Å². The molecule has 4 nitrogen and oxygen atoms in total. The van der Waals surface area contributed by atoms with Gasteiger partial charge in [-0.1, -0.05) is 23.1 Å². The summed E-state index contributed by atoms with van der Waals surface area (Å²) in [7, 11) is 0. The minimum Gasteiger partial charge on any atom is -0.351 e. The van der Waals surface area contributed by atoms with Crippen molar-refractivity contribution in [2.45, 2.75) is 37.6 Å². The summed E-state index contributed by atoms with van der Waals surface area (Å²) in [6, 6.07) is 0. The highest BCUT2D eigenvalue weighted by molar-refractivity contribution is 8.01. The third-order valence-electron chi connectivity index (χ3n) is 1.35. The molecule has 0 radical (unpaired) electrons. The van der Waals surface area contributed by atoms with Gasteiger partial charge >= 0.3 is 0 Å². The van der Waals surface area contributed by atoms with Crippen molar-refractivity contribution in [1.29, 1.82) is 0 Å². The van der Waals surface area contributed by atoms with Crippen LogP contribution in [0.2, 0.25) is 0 Å². The maximum Gasteiger partial charge on any atom is 0.230 e. The van der Waals surface area contributed by atoms with Gasteiger partial charge in [-0.15, -0.1) is 10.2 Å². The molecule has 0 aliphatic rings. The highest BCUT2D eigenvalue weighted by Gasteiger charge is 2.14. The van der Waals surface area contributed by atoms with Crippen molar-refractivity contribution in [2.75, 3.05) is 5.75 Å². The molecule has 0 aliphatic heterocycles. The molecule has 0 unspecified atom stereocenters. The molecular weight excluding hydrogens is 230 g/mol. The van der Waals surface area contributed by atoms with E-state index in [1.54, 1.807) is 0 Å². The maximum absolute atomic E-state index is 11.5. The molecule has 1 aromatic rings. The minimum atomic E-state index is -0.172. The van der Waals surface area contributed by atoms with Crippen LogP contribution in [0.4, 0.5) is 0 Å². The topological polar surface area (TPSA) is 54.9 Å². The molecule has 1 N–H and O–H groups in total. The summed E-state index contributed by atoms with van der Waals surface area (Å²) >= 11 is 2.93. The predicted molar refractivity (Wildman–Crippen MR) is 63.3 cm³/mol. The fourth-order valence-corrected chi connectivity index (χ4v) is 2.53. The van der Waals surface area contributed by atoms with Crippen molar-refractivity contribution in [3.63, 3.8) is 0 Å². The lowest BCUT2D eigenvalue weighted by Crippen LogP contribution is -2.41. The van der Waals surface area contributed by atoms with E-state index in [1.807, 2.05) is 27.7 Å². The molecule has 1 amide bonds. The van der Waals surface area contributed by atoms with Gasteiger partial charge in [0.15, 0.2) is 4.34 Å². The van der Waals surface area contributed by atoms with Gasteiger partial charge in [0.25, 0.3) is 0 Å². The molecule has 6 heteroatoms. The number of nitrogens with one attached hydrogen (secondary N) is 1. The van der Waals surface area contributed by atoms with E-state index in [0.717, 1.165) is 9.35 Å². The fraction of sp³-hybridized carbons (Fsp3) is 0.667. The highest BCUT2D eigenvalue weighted by atomic mass is 32.2. The molecule has 0 fully saturated rings. The van der Waals surface area contributed by atoms with Gasteiger partial charge in [-0.05, 0) is 27.7 Å². The Morgan fingerprint density at radius 3 is 2.60 bits per heavy atom. The number of amides is 1. The number of hydrogen-bond acceptors (Lipinski definition) is 5. The number of carbonyl (C=O) groups is 1. The zero-order valence-corrected chi connectivity index (χ0v) is 11.0. The normalized spacial score (nSPS) is 11.5. The van der Waals surface area contributed by atoms with Crippen LogP contribution in [0.1, 0.15) is 25.8 Å². The number of aryl methyl sites for hydroxylation is 1. The Hall–Kier alpha value is -0.620. The lowest BCUT2D eigenvalue weighted by molar-refractivity contribution is -0.119. The molecule has 0 spiro atoms. The fourth-order valence-electron chi connectivity index (χ4n) is 0.918. The van der Waals surface area contributed by atoms with Crippen molar-refractivity contribution in [3.8, 4) is 0 Å². The van der Waals surface area contributed by atoms with Crippen LogP contribution in [0, 0.1) is 6.92 Å². The second-order valence-corrected chi connectivity index (χ2v) is 6.58. The number of thioether (sulfide) groups is 1. The first kappa shape index (κ1) is 12.4. The van der Waals surface area contributed by atoms with Crippen LogP contribution in [0.5, 0.6) is 0 Å². The molecule has 1 aromatic heterocycles. The average Bonchev–Trinajstić information content (AvgIpc) is 2.45. The van der Waals surface area contributed by atoms with Crippen LogP contribution in [0.15, 0.2) is 4.34 Å². The molecule has 0 saturated heterocycles. The third kappa shape index (κ3) is 5.13. The van der Waals surface area contributed by atoms with Gasteiger partial charge in [-0.25, -0.2) is 0 Å². The van der Waals surface area contributed by atoms with E-state index in [1.165, 1.54) is 23.1 Å². The molecule has 0 bridgehead atoms. The van der Waals surface area contributed by atoms with Gasteiger partial charge in [0.05, 0.1) is 5.75 Å². The standard InChI is InChI=1S/C9H15N3OS2/c1-6-11-12-8(15-6)14-5-7(13)10-9(2,3)4/h5H2,1-4H3,(H,10,13). The summed E-state index contributed by atoms with van der Waals surface area (Å²) in [5.74, 6) is 0.423. The second kappa shape index (κ2) is 4.94. The summed E-state index contributed by atoms with van der Waals surface area (Å²) < 4.78 is 0.844. The smallest absolute Gasteiger partial charge is 0.230 e. The van der Waals surface area contributed by atoms with E-state index in [2.05, 4.69) is 15.5 Å². The maximum atomic E-state index is 11.5. The van der Waals surface area contributed by atoms with Crippen molar-refractivity contribution in [3.05, 3.63) is 5.01 Å². The molecular formula is C9H15N3OS2. The third-order valence-corrected chi connectivity index (χ3v) is 3.32. The van der Waals surface area contributed by atoms with Crippen LogP contribution in [-0.2, 0) is 4.79 Å². The second-order valence-electron chi connectivity index (χ2n) is 4.17. The number of carbonyl (C=O) groups excluding carboxylic acids is 1. The quantitative estimate of drug-likeness (QED) is 0.826. The average molecular weight is 245 g/mol. The van der Waals surface area contributed by atoms with E-state index < -0.39 is 0 Å². The Kier molecular flexibility index (Phi) is 4.10. The van der Waals surface area contributed by atoms with Gasteiger partial charge in [0, 0.05) is 5.54 Å². The van der Waals surface area contributed by atoms with Gasteiger partial charge in [-0.2, -0.15) is 0 Å². The number of nitrogens with zero attached hydrogens (tertiary/aromatic N) is 2. The van der Waals surface area contributed by atoms with Crippen molar-refractivity contribution in [2.24, 2.45) is 0 Å². The highest BCUT2D eigenvalue weighted by Crippen LogP contribution is 2.21. The first-order valence-electron chi connectivity index (χ1n) is 4.61. The Labute approximate surface area is 97.9 Å². The van der Waals surface area contributed by atoms with Crippen molar-refractivity contribution in [1.82, 2.24) is 15.5 Å². The Balaban J connectivity index is 2.35. The Bertz CT molecular complexity index is 343. The molecule has 0 aromatic carbocycles. The minimum absolute atomic E-state index is 0.0281. The number of rotatable bonds is 3. The summed E-state index contributed by atoms with van der Waals surface area (Å²) in [5.41, 5.74) is -0.172. The van der Waals surface area contributed by atoms with Crippen molar-refractivity contribution < 1.29 is 4.79 Å². The van der Waals surface area contributed by atoms with E-state index in [9.17, 15) is 4.79 Å². The SMILES string of the molecule is Cc1nnc(SCC(=O)NC(C)(C)C)s1. The largest absolute Gasteiger partial charge is 0.351 e. The monoisotopic (exact) mass is 245 g/mol. The van der Waals surface area contributed by atoms with Crippen LogP contribution >= 0.6 is 23.1 Å². The lowest BCUT2D eigenvalue weighted by Gasteiger charge is -2.19. The molecule has 1 rings (SSSR count). The first-order chi connectivity index (χ1) is 6.87. The summed E-state index contributed by atoms with van der Waals surface area (Å²) in [6.45, 7) is 7.79. The predicted octanol–water partition coefficient (Wildman–Crippen LogP) is 1.85. The summed E-state index contributed by atoms with van der Waals surface area (Å²) in [4.78, 5) is 11.5. The lowest BCUT2D eigenvalue weighted by atomic mass is 10.1. The Morgan fingerprint density at radius 2 is 2.13 bits per heavy atom. The van der Waals surface area contributed by atoms with Gasteiger partial charge in [0.2, 0.25) is 5.91 Å². The van der Waals surface area contributed by atoms with Crippen LogP contribution in [0.25, 0.3) is 0 Å². The zero-order valence-electron chi connectivity index (χ0n) is 9.33. The first-order valence-corrected chi connectivity index (χ1v) is 6.41. The van der Waals surface area contributed by atoms with Crippen molar-refractivity contribution >= 4 is 29.0 Å². The molecule has 0 atom stereocenters. The molecule has 0 aliphatic carbocycles. The van der Waals surface area contributed by atoms with Crippen LogP contribution in [0.3, 0.4) is 0 Å². The number of aromatic nitrogens is 2. The van der Waals surface area contributed by atoms with Crippen LogP contribution < -0.4 is 5.32 Å². The van der Waals surface area contributed by atoms with Gasteiger partial charge in [-0.3, -0.25) is 4.79 Å². The van der Waals surface area contributed by atoms with E-state index >= 15 is 0 Å². The van der Waals surface area contributed by atoms with Crippen LogP contribution in [-0.4, -0.2) is 27.4 Å². The van der Waals surface area contributed by atoms with E-state index in [-0.39, 0.29) is 11.4 Å². The van der Waals surface area contributed by atoms with Gasteiger partial charge in [0.1, 0.15) is 5.01 Å². The Morgan fingerprint density at radius 1 is 1.47 bits per heavy atom. The molecule has 15 heavy (non-hydrogen) atoms. The van der Waals surface area contributed by atoms with Gasteiger partial charge < -0.3 is 5.32 Å². The molecule has 1 heterocycles. The summed E-state index contributed by atoms with van der Waals surface area (Å²) in [6.07, 6.45) is 0. The molecule has 84 valence electrons.